The molecule has 0 amide bonds. The van der Waals surface area contributed by atoms with E-state index >= 15 is 0 Å². The lowest BCUT2D eigenvalue weighted by molar-refractivity contribution is 0.239. The van der Waals surface area contributed by atoms with Crippen molar-refractivity contribution in [1.29, 1.82) is 0 Å². The summed E-state index contributed by atoms with van der Waals surface area (Å²) in [4.78, 5) is 0. The van der Waals surface area contributed by atoms with Crippen LogP contribution in [0.15, 0.2) is 18.2 Å². The summed E-state index contributed by atoms with van der Waals surface area (Å²) in [6.45, 7) is 6.01. The van der Waals surface area contributed by atoms with Crippen molar-refractivity contribution in [3.05, 3.63) is 23.8 Å². The molecule has 1 unspecified atom stereocenters. The van der Waals surface area contributed by atoms with E-state index in [9.17, 15) is 0 Å². The monoisotopic (exact) mass is 223 g/mol. The second kappa shape index (κ2) is 5.75. The highest BCUT2D eigenvalue weighted by molar-refractivity contribution is 5.40. The van der Waals surface area contributed by atoms with Gasteiger partial charge in [0.05, 0.1) is 13.2 Å². The summed E-state index contributed by atoms with van der Waals surface area (Å²) in [5.74, 6) is 1.74. The van der Waals surface area contributed by atoms with Gasteiger partial charge in [0, 0.05) is 6.04 Å². The molecular formula is C13H21NO2. The third-order valence-electron chi connectivity index (χ3n) is 2.17. The van der Waals surface area contributed by atoms with Crippen LogP contribution in [0.5, 0.6) is 11.5 Å². The lowest BCUT2D eigenvalue weighted by Crippen LogP contribution is -2.19. The van der Waals surface area contributed by atoms with Crippen molar-refractivity contribution in [2.45, 2.75) is 39.3 Å². The van der Waals surface area contributed by atoms with Crippen LogP contribution in [0.25, 0.3) is 0 Å². The first kappa shape index (κ1) is 12.8. The molecule has 1 atom stereocenters. The molecule has 1 aromatic rings. The zero-order chi connectivity index (χ0) is 12.1. The van der Waals surface area contributed by atoms with Crippen molar-refractivity contribution in [2.75, 3.05) is 7.11 Å². The Kier molecular flexibility index (Phi) is 4.62. The quantitative estimate of drug-likeness (QED) is 0.833. The Hall–Kier alpha value is -1.22. The minimum absolute atomic E-state index is 0.113. The average molecular weight is 223 g/mol. The highest BCUT2D eigenvalue weighted by Crippen LogP contribution is 2.26. The molecule has 0 aliphatic rings. The SMILES string of the molecule is COc1ccc(OC(C)C)c(CC(C)N)c1. The summed E-state index contributed by atoms with van der Waals surface area (Å²) in [6, 6.07) is 5.95. The topological polar surface area (TPSA) is 44.5 Å². The smallest absolute Gasteiger partial charge is 0.123 e. The summed E-state index contributed by atoms with van der Waals surface area (Å²) in [5, 5.41) is 0. The van der Waals surface area contributed by atoms with Crippen molar-refractivity contribution < 1.29 is 9.47 Å². The van der Waals surface area contributed by atoms with Crippen LogP contribution in [-0.2, 0) is 6.42 Å². The molecule has 0 spiro atoms. The van der Waals surface area contributed by atoms with Crippen molar-refractivity contribution in [2.24, 2.45) is 5.73 Å². The average Bonchev–Trinajstić information content (AvgIpc) is 2.19. The fraction of sp³-hybridized carbons (Fsp3) is 0.538. The van der Waals surface area contributed by atoms with E-state index in [0.29, 0.717) is 0 Å². The van der Waals surface area contributed by atoms with Crippen LogP contribution in [0.4, 0.5) is 0 Å². The number of methoxy groups -OCH3 is 1. The molecule has 1 aromatic carbocycles. The molecule has 2 N–H and O–H groups in total. The molecule has 0 fully saturated rings. The molecule has 3 nitrogen and oxygen atoms in total. The summed E-state index contributed by atoms with van der Waals surface area (Å²) in [6.07, 6.45) is 0.958. The molecule has 0 aliphatic heterocycles. The lowest BCUT2D eigenvalue weighted by Gasteiger charge is -2.16. The number of hydrogen-bond acceptors (Lipinski definition) is 3. The van der Waals surface area contributed by atoms with Gasteiger partial charge in [-0.3, -0.25) is 0 Å². The van der Waals surface area contributed by atoms with Gasteiger partial charge in [0.25, 0.3) is 0 Å². The number of nitrogens with two attached hydrogens (primary N) is 1. The second-order valence-corrected chi connectivity index (χ2v) is 4.32. The van der Waals surface area contributed by atoms with E-state index in [4.69, 9.17) is 15.2 Å². The number of rotatable bonds is 5. The molecule has 0 saturated carbocycles. The van der Waals surface area contributed by atoms with Gasteiger partial charge in [-0.2, -0.15) is 0 Å². The highest BCUT2D eigenvalue weighted by Gasteiger charge is 2.09. The molecule has 1 rings (SSSR count). The van der Waals surface area contributed by atoms with Crippen LogP contribution in [-0.4, -0.2) is 19.3 Å². The van der Waals surface area contributed by atoms with E-state index in [1.54, 1.807) is 7.11 Å². The molecule has 90 valence electrons. The van der Waals surface area contributed by atoms with Gasteiger partial charge in [0.1, 0.15) is 11.5 Å². The van der Waals surface area contributed by atoms with E-state index in [2.05, 4.69) is 0 Å². The van der Waals surface area contributed by atoms with Crippen LogP contribution < -0.4 is 15.2 Å². The largest absolute Gasteiger partial charge is 0.497 e. The molecule has 0 aromatic heterocycles. The molecule has 0 aliphatic carbocycles. The summed E-state index contributed by atoms with van der Waals surface area (Å²) < 4.78 is 10.9. The van der Waals surface area contributed by atoms with Gasteiger partial charge in [0.15, 0.2) is 0 Å². The normalized spacial score (nSPS) is 12.6. The maximum Gasteiger partial charge on any atom is 0.123 e. The van der Waals surface area contributed by atoms with E-state index < -0.39 is 0 Å². The number of ether oxygens (including phenoxy) is 2. The van der Waals surface area contributed by atoms with E-state index in [-0.39, 0.29) is 12.1 Å². The minimum atomic E-state index is 0.113. The molecule has 16 heavy (non-hydrogen) atoms. The Morgan fingerprint density at radius 2 is 1.94 bits per heavy atom. The van der Waals surface area contributed by atoms with Crippen molar-refractivity contribution in [1.82, 2.24) is 0 Å². The maximum absolute atomic E-state index is 5.82. The predicted molar refractivity (Wildman–Crippen MR) is 66.1 cm³/mol. The van der Waals surface area contributed by atoms with Gasteiger partial charge in [-0.1, -0.05) is 0 Å². The summed E-state index contributed by atoms with van der Waals surface area (Å²) in [7, 11) is 1.66. The van der Waals surface area contributed by atoms with Gasteiger partial charge < -0.3 is 15.2 Å². The van der Waals surface area contributed by atoms with Crippen molar-refractivity contribution in [3.63, 3.8) is 0 Å². The Morgan fingerprint density at radius 3 is 2.44 bits per heavy atom. The molecule has 0 bridgehead atoms. The summed E-state index contributed by atoms with van der Waals surface area (Å²) >= 11 is 0. The van der Waals surface area contributed by atoms with E-state index in [1.807, 2.05) is 39.0 Å². The van der Waals surface area contributed by atoms with Crippen molar-refractivity contribution >= 4 is 0 Å². The van der Waals surface area contributed by atoms with Crippen LogP contribution in [0.1, 0.15) is 26.3 Å². The Morgan fingerprint density at radius 1 is 1.25 bits per heavy atom. The minimum Gasteiger partial charge on any atom is -0.497 e. The first-order valence-corrected chi connectivity index (χ1v) is 5.62. The third-order valence-corrected chi connectivity index (χ3v) is 2.17. The Balaban J connectivity index is 2.96. The fourth-order valence-corrected chi connectivity index (χ4v) is 1.56. The van der Waals surface area contributed by atoms with Crippen LogP contribution >= 0.6 is 0 Å². The molecule has 0 heterocycles. The fourth-order valence-electron chi connectivity index (χ4n) is 1.56. The Labute approximate surface area is 97.6 Å². The number of benzene rings is 1. The van der Waals surface area contributed by atoms with Gasteiger partial charge in [-0.15, -0.1) is 0 Å². The van der Waals surface area contributed by atoms with Crippen LogP contribution in [0.3, 0.4) is 0 Å². The van der Waals surface area contributed by atoms with E-state index in [1.165, 1.54) is 0 Å². The lowest BCUT2D eigenvalue weighted by atomic mass is 10.1. The van der Waals surface area contributed by atoms with E-state index in [0.717, 1.165) is 23.5 Å². The highest BCUT2D eigenvalue weighted by atomic mass is 16.5. The first-order chi connectivity index (χ1) is 7.52. The third kappa shape index (κ3) is 3.74. The van der Waals surface area contributed by atoms with Gasteiger partial charge in [0.2, 0.25) is 0 Å². The zero-order valence-electron chi connectivity index (χ0n) is 10.5. The zero-order valence-corrected chi connectivity index (χ0v) is 10.5. The standard InChI is InChI=1S/C13H21NO2/c1-9(2)16-13-6-5-12(15-4)8-11(13)7-10(3)14/h5-6,8-10H,7,14H2,1-4H3. The first-order valence-electron chi connectivity index (χ1n) is 5.62. The molecule has 0 radical (unpaired) electrons. The maximum atomic E-state index is 5.82. The number of hydrogen-bond donors (Lipinski definition) is 1. The van der Waals surface area contributed by atoms with Crippen LogP contribution in [0, 0.1) is 0 Å². The van der Waals surface area contributed by atoms with Gasteiger partial charge in [-0.25, -0.2) is 0 Å². The molecule has 0 saturated heterocycles. The molecule has 3 heteroatoms. The van der Waals surface area contributed by atoms with Gasteiger partial charge >= 0.3 is 0 Å². The Bertz CT molecular complexity index is 335. The van der Waals surface area contributed by atoms with Crippen LogP contribution in [0.2, 0.25) is 0 Å². The van der Waals surface area contributed by atoms with Crippen molar-refractivity contribution in [3.8, 4) is 11.5 Å². The second-order valence-electron chi connectivity index (χ2n) is 4.32. The van der Waals surface area contributed by atoms with Gasteiger partial charge in [-0.05, 0) is 51.0 Å². The molecular weight excluding hydrogens is 202 g/mol. The predicted octanol–water partition coefficient (Wildman–Crippen LogP) is 2.37. The summed E-state index contributed by atoms with van der Waals surface area (Å²) in [5.41, 5.74) is 6.92.